The standard InChI is InChI=1S/C41H31NSe/c1-41(2,29-14-5-3-6-15-29)30-21-23-32(24-22-30)42(31-16-7-4-8-17-31)37-27-28-13-9-10-18-33(28)39-36(37)26-25-35-34-19-11-12-20-38(34)43-40(35)39/h3-27H,1-2H3. The second-order valence-electron chi connectivity index (χ2n) is 11.8. The van der Waals surface area contributed by atoms with E-state index in [-0.39, 0.29) is 19.9 Å². The Morgan fingerprint density at radius 1 is 0.488 bits per heavy atom. The number of hydrogen-bond acceptors (Lipinski definition) is 1. The van der Waals surface area contributed by atoms with E-state index in [0.717, 1.165) is 11.4 Å². The Hall–Kier alpha value is -4.62. The molecule has 0 amide bonds. The van der Waals surface area contributed by atoms with Crippen LogP contribution in [0.25, 0.3) is 40.8 Å². The van der Waals surface area contributed by atoms with Gasteiger partial charge in [-0.2, -0.15) is 0 Å². The molecule has 0 N–H and O–H groups in total. The van der Waals surface area contributed by atoms with Crippen LogP contribution in [0.4, 0.5) is 17.1 Å². The Kier molecular flexibility index (Phi) is 6.22. The van der Waals surface area contributed by atoms with Gasteiger partial charge in [0.15, 0.2) is 0 Å². The summed E-state index contributed by atoms with van der Waals surface area (Å²) in [6, 6.07) is 55.7. The average molecular weight is 617 g/mol. The molecule has 1 aromatic heterocycles. The van der Waals surface area contributed by atoms with E-state index in [4.69, 9.17) is 0 Å². The third-order valence-electron chi connectivity index (χ3n) is 8.94. The first-order valence-corrected chi connectivity index (χ1v) is 16.6. The van der Waals surface area contributed by atoms with Crippen LogP contribution in [0.1, 0.15) is 25.0 Å². The van der Waals surface area contributed by atoms with E-state index < -0.39 is 0 Å². The van der Waals surface area contributed by atoms with E-state index in [2.05, 4.69) is 170 Å². The van der Waals surface area contributed by atoms with Crippen molar-refractivity contribution in [3.63, 3.8) is 0 Å². The number of nitrogens with zero attached hydrogens (tertiary/aromatic N) is 1. The van der Waals surface area contributed by atoms with Gasteiger partial charge in [0, 0.05) is 0 Å². The second-order valence-corrected chi connectivity index (χ2v) is 14.0. The monoisotopic (exact) mass is 617 g/mol. The normalized spacial score (nSPS) is 12.0. The van der Waals surface area contributed by atoms with Gasteiger partial charge in [0.25, 0.3) is 0 Å². The van der Waals surface area contributed by atoms with Crippen molar-refractivity contribution in [1.29, 1.82) is 0 Å². The van der Waals surface area contributed by atoms with Crippen molar-refractivity contribution < 1.29 is 0 Å². The van der Waals surface area contributed by atoms with Gasteiger partial charge in [-0.1, -0.05) is 18.2 Å². The van der Waals surface area contributed by atoms with Crippen molar-refractivity contribution in [2.45, 2.75) is 19.3 Å². The molecule has 7 aromatic carbocycles. The van der Waals surface area contributed by atoms with Crippen LogP contribution in [0.3, 0.4) is 0 Å². The second kappa shape index (κ2) is 10.3. The predicted molar refractivity (Wildman–Crippen MR) is 187 cm³/mol. The number of anilines is 3. The fourth-order valence-corrected chi connectivity index (χ4v) is 9.24. The summed E-state index contributed by atoms with van der Waals surface area (Å²) in [6.45, 7) is 4.62. The molecule has 0 saturated carbocycles. The fraction of sp³-hybridized carbons (Fsp3) is 0.0732. The molecule has 8 rings (SSSR count). The number of para-hydroxylation sites is 1. The third-order valence-corrected chi connectivity index (χ3v) is 11.5. The van der Waals surface area contributed by atoms with Crippen LogP contribution in [-0.4, -0.2) is 14.5 Å². The van der Waals surface area contributed by atoms with E-state index in [1.165, 1.54) is 57.7 Å². The molecule has 0 bridgehead atoms. The zero-order chi connectivity index (χ0) is 29.0. The Bertz CT molecular complexity index is 2240. The Morgan fingerprint density at radius 3 is 1.84 bits per heavy atom. The maximum absolute atomic E-state index is 2.44. The van der Waals surface area contributed by atoms with Crippen LogP contribution in [0, 0.1) is 0 Å². The molecule has 0 radical (unpaired) electrons. The Morgan fingerprint density at radius 2 is 1.07 bits per heavy atom. The van der Waals surface area contributed by atoms with Crippen LogP contribution in [0.2, 0.25) is 0 Å². The van der Waals surface area contributed by atoms with Crippen LogP contribution >= 0.6 is 0 Å². The van der Waals surface area contributed by atoms with E-state index >= 15 is 0 Å². The molecular formula is C41H31NSe. The molecule has 2 heteroatoms. The first kappa shape index (κ1) is 26.0. The minimum absolute atomic E-state index is 0.0926. The first-order chi connectivity index (χ1) is 21.1. The fourth-order valence-electron chi connectivity index (χ4n) is 6.58. The molecule has 0 atom stereocenters. The van der Waals surface area contributed by atoms with Crippen LogP contribution in [-0.2, 0) is 5.41 Å². The summed E-state index contributed by atoms with van der Waals surface area (Å²) in [5.74, 6) is 0. The molecule has 0 aliphatic carbocycles. The molecular weight excluding hydrogens is 585 g/mol. The number of rotatable bonds is 5. The average Bonchev–Trinajstić information content (AvgIpc) is 3.45. The topological polar surface area (TPSA) is 3.24 Å². The van der Waals surface area contributed by atoms with Gasteiger partial charge in [0.05, 0.1) is 0 Å². The summed E-state index contributed by atoms with van der Waals surface area (Å²) in [7, 11) is 0. The van der Waals surface area contributed by atoms with Gasteiger partial charge in [0.2, 0.25) is 0 Å². The number of hydrogen-bond donors (Lipinski definition) is 0. The molecule has 0 aliphatic rings. The van der Waals surface area contributed by atoms with Gasteiger partial charge in [-0.25, -0.2) is 0 Å². The van der Waals surface area contributed by atoms with Crippen molar-refractivity contribution >= 4 is 72.4 Å². The van der Waals surface area contributed by atoms with Gasteiger partial charge in [-0.15, -0.1) is 0 Å². The van der Waals surface area contributed by atoms with Crippen molar-refractivity contribution in [3.05, 3.63) is 163 Å². The molecule has 0 unspecified atom stereocenters. The summed E-state index contributed by atoms with van der Waals surface area (Å²) < 4.78 is 2.97. The summed E-state index contributed by atoms with van der Waals surface area (Å²) >= 11 is 0.259. The van der Waals surface area contributed by atoms with E-state index in [1.807, 2.05) is 0 Å². The van der Waals surface area contributed by atoms with Crippen molar-refractivity contribution in [2.24, 2.45) is 0 Å². The maximum atomic E-state index is 2.44. The quantitative estimate of drug-likeness (QED) is 0.137. The first-order valence-electron chi connectivity index (χ1n) is 14.9. The Labute approximate surface area is 258 Å². The zero-order valence-electron chi connectivity index (χ0n) is 24.3. The molecule has 1 heterocycles. The zero-order valence-corrected chi connectivity index (χ0v) is 26.0. The summed E-state index contributed by atoms with van der Waals surface area (Å²) in [5, 5.41) is 8.08. The molecule has 8 aromatic rings. The molecule has 0 saturated heterocycles. The molecule has 206 valence electrons. The SMILES string of the molecule is CC(C)(c1ccccc1)c1ccc(N(c2ccccc2)c2cc3ccccc3c3c2ccc2c4ccccc4[se]c23)cc1. The van der Waals surface area contributed by atoms with E-state index in [1.54, 1.807) is 0 Å². The Balaban J connectivity index is 1.38. The van der Waals surface area contributed by atoms with E-state index in [0.29, 0.717) is 0 Å². The molecule has 1 nitrogen and oxygen atoms in total. The van der Waals surface area contributed by atoms with Crippen molar-refractivity contribution in [3.8, 4) is 0 Å². The van der Waals surface area contributed by atoms with Crippen molar-refractivity contribution in [1.82, 2.24) is 0 Å². The van der Waals surface area contributed by atoms with E-state index in [9.17, 15) is 0 Å². The molecule has 0 aliphatic heterocycles. The van der Waals surface area contributed by atoms with Gasteiger partial charge >= 0.3 is 241 Å². The summed E-state index contributed by atoms with van der Waals surface area (Å²) in [5.41, 5.74) is 6.06. The van der Waals surface area contributed by atoms with Gasteiger partial charge in [-0.05, 0) is 0 Å². The number of fused-ring (bicyclic) bond motifs is 7. The van der Waals surface area contributed by atoms with Crippen LogP contribution in [0.5, 0.6) is 0 Å². The molecule has 43 heavy (non-hydrogen) atoms. The van der Waals surface area contributed by atoms with Crippen molar-refractivity contribution in [2.75, 3.05) is 4.90 Å². The van der Waals surface area contributed by atoms with Crippen LogP contribution in [0.15, 0.2) is 152 Å². The summed E-state index contributed by atoms with van der Waals surface area (Å²) in [4.78, 5) is 2.44. The van der Waals surface area contributed by atoms with Gasteiger partial charge in [-0.3, -0.25) is 0 Å². The van der Waals surface area contributed by atoms with Gasteiger partial charge in [0.1, 0.15) is 0 Å². The minimum atomic E-state index is -0.0926. The molecule has 0 fully saturated rings. The van der Waals surface area contributed by atoms with Crippen LogP contribution < -0.4 is 4.90 Å². The molecule has 0 spiro atoms. The number of benzene rings is 7. The summed E-state index contributed by atoms with van der Waals surface area (Å²) in [6.07, 6.45) is 0. The van der Waals surface area contributed by atoms with Gasteiger partial charge < -0.3 is 0 Å². The third kappa shape index (κ3) is 4.29. The predicted octanol–water partition coefficient (Wildman–Crippen LogP) is 11.2.